The van der Waals surface area contributed by atoms with Crippen LogP contribution in [0.25, 0.3) is 0 Å². The highest BCUT2D eigenvalue weighted by atomic mass is 16.7. The molecule has 0 aromatic rings. The minimum Gasteiger partial charge on any atom is -0.479 e. The number of piperidine rings is 1. The van der Waals surface area contributed by atoms with Crippen LogP contribution < -0.4 is 10.6 Å². The van der Waals surface area contributed by atoms with Crippen LogP contribution in [0.4, 0.5) is 0 Å². The molecule has 15 atom stereocenters. The number of aliphatic hydroxyl groups excluding tert-OH is 5. The van der Waals surface area contributed by atoms with Crippen molar-refractivity contribution < 1.29 is 63.9 Å². The lowest BCUT2D eigenvalue weighted by atomic mass is 9.79. The molecule has 50 heavy (non-hydrogen) atoms. The van der Waals surface area contributed by atoms with Crippen molar-refractivity contribution in [3.05, 3.63) is 0 Å². The number of rotatable bonds is 12. The van der Waals surface area contributed by atoms with Crippen LogP contribution in [0, 0.1) is 23.7 Å². The summed E-state index contributed by atoms with van der Waals surface area (Å²) >= 11 is 0. The first kappa shape index (κ1) is 39.7. The summed E-state index contributed by atoms with van der Waals surface area (Å²) in [5.41, 5.74) is 0. The first-order chi connectivity index (χ1) is 23.9. The second-order valence-corrected chi connectivity index (χ2v) is 15.5. The standard InChI is InChI=1S/C35H60N2O13/c1-17-13-18(2)30(50-35-29(42)28(41)26(39)19(3)46-35)22(14-17)48-34-25(37-32(43)21-9-11-36-12-10-21)31(27(40)24(16-38)49-34)47-23(33(44)45)15-20-7-5-4-6-8-20/h17-31,34-36,38-42H,4-16H2,1-3H3,(H,37,43)(H,44,45). The van der Waals surface area contributed by atoms with E-state index in [0.717, 1.165) is 38.5 Å². The first-order valence-electron chi connectivity index (χ1n) is 18.7. The van der Waals surface area contributed by atoms with Gasteiger partial charge in [-0.25, -0.2) is 4.79 Å². The van der Waals surface area contributed by atoms with Crippen molar-refractivity contribution in [2.75, 3.05) is 19.7 Å². The molecule has 15 unspecified atom stereocenters. The van der Waals surface area contributed by atoms with Gasteiger partial charge in [0.1, 0.15) is 42.7 Å². The third kappa shape index (κ3) is 9.53. The van der Waals surface area contributed by atoms with Crippen molar-refractivity contribution in [2.24, 2.45) is 23.7 Å². The minimum absolute atomic E-state index is 0.122. The molecule has 0 bridgehead atoms. The van der Waals surface area contributed by atoms with Crippen LogP contribution >= 0.6 is 0 Å². The normalized spacial score (nSPS) is 42.9. The van der Waals surface area contributed by atoms with Gasteiger partial charge in [-0.1, -0.05) is 46.0 Å². The molecule has 0 aromatic carbocycles. The molecule has 288 valence electrons. The van der Waals surface area contributed by atoms with Crippen LogP contribution in [-0.4, -0.2) is 142 Å². The molecule has 1 amide bonds. The maximum atomic E-state index is 13.7. The molecule has 8 N–H and O–H groups in total. The Hall–Kier alpha value is -1.50. The molecule has 5 aliphatic rings. The summed E-state index contributed by atoms with van der Waals surface area (Å²) in [7, 11) is 0. The van der Waals surface area contributed by atoms with Crippen molar-refractivity contribution >= 4 is 11.9 Å². The Balaban J connectivity index is 1.42. The molecule has 5 fully saturated rings. The Morgan fingerprint density at radius 1 is 0.840 bits per heavy atom. The number of aliphatic carboxylic acids is 1. The topological polar surface area (TPSA) is 226 Å². The largest absolute Gasteiger partial charge is 0.479 e. The zero-order valence-corrected chi connectivity index (χ0v) is 29.5. The van der Waals surface area contributed by atoms with Gasteiger partial charge in [-0.3, -0.25) is 4.79 Å². The molecule has 0 aromatic heterocycles. The zero-order valence-electron chi connectivity index (χ0n) is 29.5. The molecule has 15 nitrogen and oxygen atoms in total. The smallest absolute Gasteiger partial charge is 0.332 e. The van der Waals surface area contributed by atoms with Crippen molar-refractivity contribution in [1.29, 1.82) is 0 Å². The highest BCUT2D eigenvalue weighted by Gasteiger charge is 2.52. The van der Waals surface area contributed by atoms with Crippen molar-refractivity contribution in [3.63, 3.8) is 0 Å². The van der Waals surface area contributed by atoms with Gasteiger partial charge in [0.2, 0.25) is 5.91 Å². The number of amides is 1. The van der Waals surface area contributed by atoms with Gasteiger partial charge < -0.3 is 65.0 Å². The van der Waals surface area contributed by atoms with Gasteiger partial charge >= 0.3 is 5.97 Å². The summed E-state index contributed by atoms with van der Waals surface area (Å²) < 4.78 is 31.2. The second-order valence-electron chi connectivity index (χ2n) is 15.5. The highest BCUT2D eigenvalue weighted by Crippen LogP contribution is 2.38. The number of carbonyl (C=O) groups is 2. The van der Waals surface area contributed by atoms with E-state index in [0.29, 0.717) is 32.4 Å². The maximum absolute atomic E-state index is 13.7. The Morgan fingerprint density at radius 3 is 2.20 bits per heavy atom. The summed E-state index contributed by atoms with van der Waals surface area (Å²) in [6, 6.07) is -1.15. The van der Waals surface area contributed by atoms with Gasteiger partial charge in [0.05, 0.1) is 24.9 Å². The lowest BCUT2D eigenvalue weighted by molar-refractivity contribution is -0.338. The second kappa shape index (κ2) is 18.0. The number of hydrogen-bond donors (Lipinski definition) is 8. The molecule has 3 saturated heterocycles. The molecule has 15 heteroatoms. The van der Waals surface area contributed by atoms with Crippen LogP contribution in [-0.2, 0) is 33.3 Å². The fourth-order valence-electron chi connectivity index (χ4n) is 8.57. The number of carboxylic acids is 1. The first-order valence-corrected chi connectivity index (χ1v) is 18.7. The van der Waals surface area contributed by atoms with Crippen molar-refractivity contribution in [1.82, 2.24) is 10.6 Å². The van der Waals surface area contributed by atoms with E-state index in [-0.39, 0.29) is 36.0 Å². The van der Waals surface area contributed by atoms with E-state index < -0.39 is 92.2 Å². The van der Waals surface area contributed by atoms with Crippen molar-refractivity contribution in [2.45, 2.75) is 165 Å². The van der Waals surface area contributed by atoms with Gasteiger partial charge in [-0.05, 0) is 69.9 Å². The molecule has 2 aliphatic carbocycles. The average molecular weight is 717 g/mol. The predicted molar refractivity (Wildman–Crippen MR) is 176 cm³/mol. The molecule has 3 heterocycles. The Bertz CT molecular complexity index is 1090. The number of nitrogens with one attached hydrogen (secondary N) is 2. The van der Waals surface area contributed by atoms with Gasteiger partial charge in [-0.2, -0.15) is 0 Å². The molecule has 2 saturated carbocycles. The van der Waals surface area contributed by atoms with Crippen LogP contribution in [0.2, 0.25) is 0 Å². The number of carbonyl (C=O) groups excluding carboxylic acids is 1. The van der Waals surface area contributed by atoms with Crippen LogP contribution in [0.5, 0.6) is 0 Å². The lowest BCUT2D eigenvalue weighted by Crippen LogP contribution is -2.68. The lowest BCUT2D eigenvalue weighted by Gasteiger charge is -2.49. The predicted octanol–water partition coefficient (Wildman–Crippen LogP) is 0.0216. The summed E-state index contributed by atoms with van der Waals surface area (Å²) in [6.45, 7) is 6.30. The van der Waals surface area contributed by atoms with E-state index >= 15 is 0 Å². The molecule has 0 spiro atoms. The van der Waals surface area contributed by atoms with E-state index in [9.17, 15) is 40.2 Å². The van der Waals surface area contributed by atoms with E-state index in [1.165, 1.54) is 0 Å². The zero-order chi connectivity index (χ0) is 36.1. The molecular formula is C35H60N2O13. The minimum atomic E-state index is -1.53. The van der Waals surface area contributed by atoms with Crippen LogP contribution in [0.3, 0.4) is 0 Å². The third-order valence-corrected chi connectivity index (χ3v) is 11.5. The molecular weight excluding hydrogens is 656 g/mol. The number of aliphatic hydroxyl groups is 5. The number of carboxylic acid groups (broad SMARTS) is 1. The maximum Gasteiger partial charge on any atom is 0.332 e. The molecule has 5 rings (SSSR count). The Morgan fingerprint density at radius 2 is 1.54 bits per heavy atom. The van der Waals surface area contributed by atoms with Gasteiger partial charge in [0.15, 0.2) is 18.7 Å². The summed E-state index contributed by atoms with van der Waals surface area (Å²) in [5.74, 6) is -1.61. The van der Waals surface area contributed by atoms with E-state index in [1.54, 1.807) is 6.92 Å². The summed E-state index contributed by atoms with van der Waals surface area (Å²) in [4.78, 5) is 26.3. The van der Waals surface area contributed by atoms with E-state index in [4.69, 9.17) is 23.7 Å². The SMILES string of the molecule is CC1CC(C)C(OC2OC(C)C(O)C(O)C2O)C(OC2OC(CO)C(O)C(OC(CC3CCCCC3)C(=O)O)C2NC(=O)C2CCNCC2)C1. The quantitative estimate of drug-likeness (QED) is 0.133. The Kier molecular flexibility index (Phi) is 14.3. The molecule has 3 aliphatic heterocycles. The Labute approximate surface area is 294 Å². The van der Waals surface area contributed by atoms with Gasteiger partial charge in [0, 0.05) is 5.92 Å². The van der Waals surface area contributed by atoms with Gasteiger partial charge in [0.25, 0.3) is 0 Å². The van der Waals surface area contributed by atoms with E-state index in [2.05, 4.69) is 17.6 Å². The summed E-state index contributed by atoms with van der Waals surface area (Å²) in [5, 5.41) is 69.7. The van der Waals surface area contributed by atoms with E-state index in [1.807, 2.05) is 6.92 Å². The van der Waals surface area contributed by atoms with Crippen LogP contribution in [0.1, 0.15) is 85.0 Å². The van der Waals surface area contributed by atoms with Crippen LogP contribution in [0.15, 0.2) is 0 Å². The molecule has 0 radical (unpaired) electrons. The van der Waals surface area contributed by atoms with Gasteiger partial charge in [-0.15, -0.1) is 0 Å². The summed E-state index contributed by atoms with van der Waals surface area (Å²) in [6.07, 6.45) is -6.77. The number of ether oxygens (including phenoxy) is 5. The fourth-order valence-corrected chi connectivity index (χ4v) is 8.57. The number of hydrogen-bond acceptors (Lipinski definition) is 13. The van der Waals surface area contributed by atoms with Crippen molar-refractivity contribution in [3.8, 4) is 0 Å². The average Bonchev–Trinajstić information content (AvgIpc) is 3.10. The fraction of sp³-hybridized carbons (Fsp3) is 0.943. The highest BCUT2D eigenvalue weighted by molar-refractivity contribution is 5.79. The third-order valence-electron chi connectivity index (χ3n) is 11.5. The monoisotopic (exact) mass is 716 g/mol.